The molecule has 0 bridgehead atoms. The molecule has 4 rings (SSSR count). The molecule has 2 heterocycles. The van der Waals surface area contributed by atoms with Crippen molar-refractivity contribution in [3.05, 3.63) is 60.4 Å². The number of aryl methyl sites for hydroxylation is 1. The second-order valence-electron chi connectivity index (χ2n) is 7.64. The highest BCUT2D eigenvalue weighted by molar-refractivity contribution is 5.95. The summed E-state index contributed by atoms with van der Waals surface area (Å²) in [5, 5.41) is 11.3. The van der Waals surface area contributed by atoms with Gasteiger partial charge in [0.25, 0.3) is 0 Å². The van der Waals surface area contributed by atoms with Crippen LogP contribution < -0.4 is 11.1 Å². The van der Waals surface area contributed by atoms with E-state index in [9.17, 15) is 4.79 Å². The monoisotopic (exact) mass is 420 g/mol. The Morgan fingerprint density at radius 3 is 2.68 bits per heavy atom. The first-order chi connectivity index (χ1) is 15.2. The van der Waals surface area contributed by atoms with Crippen molar-refractivity contribution >= 4 is 17.3 Å². The molecule has 8 heteroatoms. The number of carbonyl (C=O) groups is 1. The molecule has 1 amide bonds. The number of nitrogen functional groups attached to an aromatic ring is 1. The van der Waals surface area contributed by atoms with Crippen LogP contribution in [0.2, 0.25) is 0 Å². The van der Waals surface area contributed by atoms with Crippen molar-refractivity contribution < 1.29 is 9.53 Å². The predicted molar refractivity (Wildman–Crippen MR) is 121 cm³/mol. The Balaban J connectivity index is 1.28. The maximum atomic E-state index is 12.5. The standard InChI is InChI=1S/C23H28N6O2/c24-21-8-6-19(18-4-2-1-3-5-18)16-22(21)25-23(30)9-7-20-17-29(27-26-20)11-10-28-12-14-31-15-13-28/h1-6,8,16-17H,7,9-15,24H2,(H,25,30). The number of nitrogens with zero attached hydrogens (tertiary/aromatic N) is 4. The first-order valence-electron chi connectivity index (χ1n) is 10.6. The highest BCUT2D eigenvalue weighted by Gasteiger charge is 2.12. The van der Waals surface area contributed by atoms with Gasteiger partial charge < -0.3 is 15.8 Å². The van der Waals surface area contributed by atoms with Crippen LogP contribution in [-0.2, 0) is 22.5 Å². The summed E-state index contributed by atoms with van der Waals surface area (Å²) in [4.78, 5) is 14.8. The van der Waals surface area contributed by atoms with Crippen LogP contribution in [0, 0.1) is 0 Å². The molecule has 0 saturated carbocycles. The van der Waals surface area contributed by atoms with Crippen LogP contribution in [0.5, 0.6) is 0 Å². The van der Waals surface area contributed by atoms with E-state index in [1.807, 2.05) is 59.4 Å². The number of nitrogens with two attached hydrogens (primary N) is 1. The number of aromatic nitrogens is 3. The van der Waals surface area contributed by atoms with Crippen LogP contribution in [0.15, 0.2) is 54.7 Å². The molecule has 1 aromatic heterocycles. The second-order valence-corrected chi connectivity index (χ2v) is 7.64. The Bertz CT molecular complexity index is 998. The molecule has 162 valence electrons. The fourth-order valence-corrected chi connectivity index (χ4v) is 3.56. The number of ether oxygens (including phenoxy) is 1. The molecular weight excluding hydrogens is 392 g/mol. The maximum Gasteiger partial charge on any atom is 0.224 e. The summed E-state index contributed by atoms with van der Waals surface area (Å²) in [6.07, 6.45) is 2.76. The lowest BCUT2D eigenvalue weighted by Crippen LogP contribution is -2.38. The van der Waals surface area contributed by atoms with Crippen LogP contribution in [0.1, 0.15) is 12.1 Å². The largest absolute Gasteiger partial charge is 0.397 e. The maximum absolute atomic E-state index is 12.5. The van der Waals surface area contributed by atoms with E-state index in [2.05, 4.69) is 20.5 Å². The number of carbonyl (C=O) groups excluding carboxylic acids is 1. The fourth-order valence-electron chi connectivity index (χ4n) is 3.56. The molecular formula is C23H28N6O2. The van der Waals surface area contributed by atoms with E-state index in [1.54, 1.807) is 0 Å². The molecule has 0 radical (unpaired) electrons. The van der Waals surface area contributed by atoms with Gasteiger partial charge in [-0.05, 0) is 23.3 Å². The van der Waals surface area contributed by atoms with E-state index in [4.69, 9.17) is 10.5 Å². The van der Waals surface area contributed by atoms with Crippen LogP contribution >= 0.6 is 0 Å². The van der Waals surface area contributed by atoms with Gasteiger partial charge in [0, 0.05) is 38.7 Å². The van der Waals surface area contributed by atoms with Crippen molar-refractivity contribution in [3.8, 4) is 11.1 Å². The lowest BCUT2D eigenvalue weighted by atomic mass is 10.0. The quantitative estimate of drug-likeness (QED) is 0.543. The van der Waals surface area contributed by atoms with E-state index in [-0.39, 0.29) is 5.91 Å². The van der Waals surface area contributed by atoms with Gasteiger partial charge in [0.15, 0.2) is 0 Å². The third-order valence-corrected chi connectivity index (χ3v) is 5.38. The lowest BCUT2D eigenvalue weighted by molar-refractivity contribution is -0.116. The van der Waals surface area contributed by atoms with Crippen molar-refractivity contribution in [3.63, 3.8) is 0 Å². The molecule has 1 saturated heterocycles. The van der Waals surface area contributed by atoms with Crippen LogP contribution in [0.25, 0.3) is 11.1 Å². The smallest absolute Gasteiger partial charge is 0.224 e. The molecule has 1 fully saturated rings. The average Bonchev–Trinajstić information content (AvgIpc) is 3.27. The van der Waals surface area contributed by atoms with Crippen molar-refractivity contribution in [2.24, 2.45) is 0 Å². The van der Waals surface area contributed by atoms with E-state index in [0.29, 0.717) is 24.2 Å². The van der Waals surface area contributed by atoms with E-state index in [1.165, 1.54) is 0 Å². The van der Waals surface area contributed by atoms with E-state index in [0.717, 1.165) is 56.2 Å². The Morgan fingerprint density at radius 2 is 1.87 bits per heavy atom. The Labute approximate surface area is 182 Å². The minimum atomic E-state index is -0.0974. The predicted octanol–water partition coefficient (Wildman–Crippen LogP) is 2.43. The number of rotatable bonds is 8. The van der Waals surface area contributed by atoms with Gasteiger partial charge in [-0.25, -0.2) is 0 Å². The van der Waals surface area contributed by atoms with Crippen LogP contribution in [0.4, 0.5) is 11.4 Å². The topological polar surface area (TPSA) is 98.3 Å². The van der Waals surface area contributed by atoms with Crippen LogP contribution in [0.3, 0.4) is 0 Å². The first-order valence-corrected chi connectivity index (χ1v) is 10.6. The fraction of sp³-hybridized carbons (Fsp3) is 0.348. The lowest BCUT2D eigenvalue weighted by Gasteiger charge is -2.26. The summed E-state index contributed by atoms with van der Waals surface area (Å²) >= 11 is 0. The normalized spacial score (nSPS) is 14.5. The minimum absolute atomic E-state index is 0.0974. The van der Waals surface area contributed by atoms with Gasteiger partial charge in [0.2, 0.25) is 5.91 Å². The molecule has 3 N–H and O–H groups in total. The van der Waals surface area contributed by atoms with Gasteiger partial charge in [-0.1, -0.05) is 41.6 Å². The number of hydrogen-bond acceptors (Lipinski definition) is 6. The summed E-state index contributed by atoms with van der Waals surface area (Å²) in [5.74, 6) is -0.0974. The van der Waals surface area contributed by atoms with E-state index >= 15 is 0 Å². The highest BCUT2D eigenvalue weighted by Crippen LogP contribution is 2.27. The van der Waals surface area contributed by atoms with Gasteiger partial charge >= 0.3 is 0 Å². The molecule has 1 aliphatic heterocycles. The third-order valence-electron chi connectivity index (χ3n) is 5.38. The zero-order valence-corrected chi connectivity index (χ0v) is 17.5. The Morgan fingerprint density at radius 1 is 1.06 bits per heavy atom. The van der Waals surface area contributed by atoms with Crippen LogP contribution in [-0.4, -0.2) is 58.6 Å². The van der Waals surface area contributed by atoms with Crippen molar-refractivity contribution in [1.29, 1.82) is 0 Å². The van der Waals surface area contributed by atoms with Gasteiger partial charge in [-0.15, -0.1) is 5.10 Å². The number of benzene rings is 2. The first kappa shape index (κ1) is 21.0. The van der Waals surface area contributed by atoms with Gasteiger partial charge in [0.05, 0.1) is 36.8 Å². The SMILES string of the molecule is Nc1ccc(-c2ccccc2)cc1NC(=O)CCc1cn(CCN2CCOCC2)nn1. The highest BCUT2D eigenvalue weighted by atomic mass is 16.5. The number of morpholine rings is 1. The third kappa shape index (κ3) is 5.90. The van der Waals surface area contributed by atoms with Crippen molar-refractivity contribution in [2.45, 2.75) is 19.4 Å². The molecule has 1 aliphatic rings. The molecule has 0 unspecified atom stereocenters. The molecule has 0 aliphatic carbocycles. The Hall–Kier alpha value is -3.23. The molecule has 0 atom stereocenters. The number of hydrogen-bond donors (Lipinski definition) is 2. The van der Waals surface area contributed by atoms with Gasteiger partial charge in [-0.2, -0.15) is 0 Å². The molecule has 2 aromatic carbocycles. The Kier molecular flexibility index (Phi) is 6.91. The van der Waals surface area contributed by atoms with Crippen molar-refractivity contribution in [2.75, 3.05) is 43.9 Å². The van der Waals surface area contributed by atoms with Crippen molar-refractivity contribution in [1.82, 2.24) is 19.9 Å². The molecule has 8 nitrogen and oxygen atoms in total. The average molecular weight is 421 g/mol. The van der Waals surface area contributed by atoms with Gasteiger partial charge in [0.1, 0.15) is 0 Å². The number of nitrogens with one attached hydrogen (secondary N) is 1. The summed E-state index contributed by atoms with van der Waals surface area (Å²) in [5.41, 5.74) is 10.1. The second kappa shape index (κ2) is 10.2. The molecule has 3 aromatic rings. The zero-order chi connectivity index (χ0) is 21.5. The zero-order valence-electron chi connectivity index (χ0n) is 17.5. The minimum Gasteiger partial charge on any atom is -0.397 e. The molecule has 0 spiro atoms. The number of anilines is 2. The summed E-state index contributed by atoms with van der Waals surface area (Å²) in [6, 6.07) is 15.7. The summed E-state index contributed by atoms with van der Waals surface area (Å²) < 4.78 is 7.20. The number of amides is 1. The van der Waals surface area contributed by atoms with E-state index < -0.39 is 0 Å². The van der Waals surface area contributed by atoms with Gasteiger partial charge in [-0.3, -0.25) is 14.4 Å². The molecule has 31 heavy (non-hydrogen) atoms. The summed E-state index contributed by atoms with van der Waals surface area (Å²) in [6.45, 7) is 5.19. The summed E-state index contributed by atoms with van der Waals surface area (Å²) in [7, 11) is 0.